The van der Waals surface area contributed by atoms with Crippen molar-refractivity contribution in [2.24, 2.45) is 0 Å². The molecule has 0 aliphatic carbocycles. The number of pyridine rings is 1. The summed E-state index contributed by atoms with van der Waals surface area (Å²) in [4.78, 5) is 8.34. The standard InChI is InChI=1S/C17H25N3S/c1-4-8-18-13-15-11-14(2)19-17(12-15)20(3)9-7-16-6-5-10-21-16/h5-6,10-12,18H,4,7-9,13H2,1-3H3. The number of likely N-dealkylation sites (N-methyl/N-ethyl adjacent to an activating group) is 1. The number of thiophene rings is 1. The minimum atomic E-state index is 0.920. The predicted molar refractivity (Wildman–Crippen MR) is 92.3 cm³/mol. The Morgan fingerprint density at radius 1 is 1.33 bits per heavy atom. The van der Waals surface area contributed by atoms with Gasteiger partial charge < -0.3 is 10.2 Å². The molecule has 0 aromatic carbocycles. The molecule has 2 aromatic rings. The average Bonchev–Trinajstić information content (AvgIpc) is 2.98. The van der Waals surface area contributed by atoms with Crippen molar-refractivity contribution in [1.29, 1.82) is 0 Å². The van der Waals surface area contributed by atoms with Crippen molar-refractivity contribution in [1.82, 2.24) is 10.3 Å². The van der Waals surface area contributed by atoms with Crippen molar-refractivity contribution in [2.45, 2.75) is 33.2 Å². The fraction of sp³-hybridized carbons (Fsp3) is 0.471. The molecular formula is C17H25N3S. The molecule has 0 saturated heterocycles. The summed E-state index contributed by atoms with van der Waals surface area (Å²) in [6.45, 7) is 7.24. The molecule has 0 radical (unpaired) electrons. The third-order valence-corrected chi connectivity index (χ3v) is 4.36. The molecule has 2 aromatic heterocycles. The Kier molecular flexibility index (Phi) is 6.21. The van der Waals surface area contributed by atoms with E-state index in [9.17, 15) is 0 Å². The fourth-order valence-corrected chi connectivity index (χ4v) is 2.97. The minimum Gasteiger partial charge on any atom is -0.359 e. The summed E-state index contributed by atoms with van der Waals surface area (Å²) in [5.74, 6) is 1.07. The van der Waals surface area contributed by atoms with Gasteiger partial charge in [0.1, 0.15) is 5.82 Å². The molecule has 0 fully saturated rings. The summed E-state index contributed by atoms with van der Waals surface area (Å²) >= 11 is 1.82. The molecule has 0 spiro atoms. The van der Waals surface area contributed by atoms with Gasteiger partial charge in [0, 0.05) is 30.7 Å². The molecule has 2 heterocycles. The minimum absolute atomic E-state index is 0.920. The molecule has 0 amide bonds. The van der Waals surface area contributed by atoms with Gasteiger partial charge in [-0.25, -0.2) is 4.98 Å². The van der Waals surface area contributed by atoms with Crippen LogP contribution in [0.3, 0.4) is 0 Å². The van der Waals surface area contributed by atoms with Gasteiger partial charge in [-0.15, -0.1) is 11.3 Å². The Bertz CT molecular complexity index is 537. The highest BCUT2D eigenvalue weighted by Gasteiger charge is 2.06. The molecule has 0 saturated carbocycles. The van der Waals surface area contributed by atoms with Gasteiger partial charge in [-0.05, 0) is 55.5 Å². The molecule has 3 nitrogen and oxygen atoms in total. The van der Waals surface area contributed by atoms with Crippen LogP contribution in [0.15, 0.2) is 29.6 Å². The van der Waals surface area contributed by atoms with Gasteiger partial charge in [0.25, 0.3) is 0 Å². The van der Waals surface area contributed by atoms with Crippen molar-refractivity contribution in [3.05, 3.63) is 45.8 Å². The monoisotopic (exact) mass is 303 g/mol. The normalized spacial score (nSPS) is 10.8. The first-order valence-corrected chi connectivity index (χ1v) is 8.49. The summed E-state index contributed by atoms with van der Waals surface area (Å²) in [6.07, 6.45) is 2.24. The van der Waals surface area contributed by atoms with E-state index in [0.29, 0.717) is 0 Å². The molecule has 1 N–H and O–H groups in total. The van der Waals surface area contributed by atoms with E-state index in [4.69, 9.17) is 0 Å². The number of nitrogens with zero attached hydrogens (tertiary/aromatic N) is 2. The van der Waals surface area contributed by atoms with Crippen molar-refractivity contribution in [3.8, 4) is 0 Å². The van der Waals surface area contributed by atoms with Crippen LogP contribution in [0.2, 0.25) is 0 Å². The van der Waals surface area contributed by atoms with Gasteiger partial charge in [0.05, 0.1) is 0 Å². The lowest BCUT2D eigenvalue weighted by Gasteiger charge is -2.19. The zero-order valence-electron chi connectivity index (χ0n) is 13.2. The number of aryl methyl sites for hydroxylation is 1. The first-order valence-electron chi connectivity index (χ1n) is 7.61. The van der Waals surface area contributed by atoms with E-state index in [1.807, 2.05) is 11.3 Å². The summed E-state index contributed by atoms with van der Waals surface area (Å²) < 4.78 is 0. The third kappa shape index (κ3) is 5.14. The maximum atomic E-state index is 4.66. The number of aromatic nitrogens is 1. The molecule has 114 valence electrons. The number of hydrogen-bond donors (Lipinski definition) is 1. The Balaban J connectivity index is 1.97. The van der Waals surface area contributed by atoms with Gasteiger partial charge in [-0.1, -0.05) is 13.0 Å². The zero-order valence-corrected chi connectivity index (χ0v) is 14.0. The molecule has 0 aliphatic heterocycles. The van der Waals surface area contributed by atoms with Gasteiger partial charge in [-0.2, -0.15) is 0 Å². The fourth-order valence-electron chi connectivity index (χ4n) is 2.28. The molecule has 2 rings (SSSR count). The Morgan fingerprint density at radius 2 is 2.19 bits per heavy atom. The van der Waals surface area contributed by atoms with Crippen LogP contribution in [0.4, 0.5) is 5.82 Å². The van der Waals surface area contributed by atoms with Gasteiger partial charge in [0.2, 0.25) is 0 Å². The van der Waals surface area contributed by atoms with E-state index in [1.54, 1.807) is 0 Å². The summed E-state index contributed by atoms with van der Waals surface area (Å²) in [5.41, 5.74) is 2.40. The second-order valence-corrected chi connectivity index (χ2v) is 6.43. The molecular weight excluding hydrogens is 278 g/mol. The molecule has 4 heteroatoms. The van der Waals surface area contributed by atoms with Crippen molar-refractivity contribution in [3.63, 3.8) is 0 Å². The largest absolute Gasteiger partial charge is 0.359 e. The third-order valence-electron chi connectivity index (χ3n) is 3.42. The van der Waals surface area contributed by atoms with Crippen LogP contribution in [0.5, 0.6) is 0 Å². The first-order chi connectivity index (χ1) is 10.2. The lowest BCUT2D eigenvalue weighted by molar-refractivity contribution is 0.674. The highest BCUT2D eigenvalue weighted by Crippen LogP contribution is 2.16. The van der Waals surface area contributed by atoms with Crippen LogP contribution < -0.4 is 10.2 Å². The Labute approximate surface area is 132 Å². The van der Waals surface area contributed by atoms with Crippen LogP contribution in [-0.2, 0) is 13.0 Å². The van der Waals surface area contributed by atoms with Crippen LogP contribution in [-0.4, -0.2) is 25.1 Å². The number of anilines is 1. The number of hydrogen-bond acceptors (Lipinski definition) is 4. The highest BCUT2D eigenvalue weighted by molar-refractivity contribution is 7.09. The molecule has 0 bridgehead atoms. The van der Waals surface area contributed by atoms with Crippen LogP contribution in [0.25, 0.3) is 0 Å². The number of rotatable bonds is 8. The smallest absolute Gasteiger partial charge is 0.128 e. The van der Waals surface area contributed by atoms with E-state index >= 15 is 0 Å². The Morgan fingerprint density at radius 3 is 2.90 bits per heavy atom. The Hall–Kier alpha value is -1.39. The number of nitrogens with one attached hydrogen (secondary N) is 1. The zero-order chi connectivity index (χ0) is 15.1. The maximum absolute atomic E-state index is 4.66. The quantitative estimate of drug-likeness (QED) is 0.755. The van der Waals surface area contributed by atoms with Crippen LogP contribution in [0, 0.1) is 6.92 Å². The van der Waals surface area contributed by atoms with Crippen LogP contribution in [0.1, 0.15) is 29.5 Å². The SMILES string of the molecule is CCCNCc1cc(C)nc(N(C)CCc2cccs2)c1. The summed E-state index contributed by atoms with van der Waals surface area (Å²) in [5, 5.41) is 5.59. The summed E-state index contributed by atoms with van der Waals surface area (Å²) in [6, 6.07) is 8.67. The highest BCUT2D eigenvalue weighted by atomic mass is 32.1. The van der Waals surface area contributed by atoms with Gasteiger partial charge >= 0.3 is 0 Å². The van der Waals surface area contributed by atoms with Crippen molar-refractivity contribution >= 4 is 17.2 Å². The topological polar surface area (TPSA) is 28.2 Å². The lowest BCUT2D eigenvalue weighted by Crippen LogP contribution is -2.22. The van der Waals surface area contributed by atoms with Gasteiger partial charge in [-0.3, -0.25) is 0 Å². The van der Waals surface area contributed by atoms with Crippen molar-refractivity contribution in [2.75, 3.05) is 25.0 Å². The maximum Gasteiger partial charge on any atom is 0.128 e. The van der Waals surface area contributed by atoms with Crippen molar-refractivity contribution < 1.29 is 0 Å². The van der Waals surface area contributed by atoms with Gasteiger partial charge in [0.15, 0.2) is 0 Å². The van der Waals surface area contributed by atoms with Crippen LogP contribution >= 0.6 is 11.3 Å². The van der Waals surface area contributed by atoms with E-state index < -0.39 is 0 Å². The molecule has 0 aliphatic rings. The predicted octanol–water partition coefficient (Wildman–Crippen LogP) is 3.63. The average molecular weight is 303 g/mol. The summed E-state index contributed by atoms with van der Waals surface area (Å²) in [7, 11) is 2.12. The van der Waals surface area contributed by atoms with E-state index in [-0.39, 0.29) is 0 Å². The van der Waals surface area contributed by atoms with E-state index in [1.165, 1.54) is 10.4 Å². The molecule has 0 atom stereocenters. The van der Waals surface area contributed by atoms with E-state index in [0.717, 1.165) is 44.0 Å². The molecule has 0 unspecified atom stereocenters. The second-order valence-electron chi connectivity index (χ2n) is 5.40. The molecule has 21 heavy (non-hydrogen) atoms. The first kappa shape index (κ1) is 16.0. The lowest BCUT2D eigenvalue weighted by atomic mass is 10.2. The van der Waals surface area contributed by atoms with E-state index in [2.05, 4.69) is 65.7 Å². The second kappa shape index (κ2) is 8.15.